The number of nitrogens with zero attached hydrogens (tertiary/aromatic N) is 4. The SMILES string of the molecule is Cc1ccncc1-c1ccc2[nH]nc(-c3cc4c(-c5ccsc5)nccc4[nH]3)c2n1. The van der Waals surface area contributed by atoms with Crippen LogP contribution < -0.4 is 0 Å². The molecule has 0 aliphatic rings. The van der Waals surface area contributed by atoms with Gasteiger partial charge in [-0.2, -0.15) is 16.4 Å². The minimum atomic E-state index is 0.792. The Bertz CT molecular complexity index is 1510. The summed E-state index contributed by atoms with van der Waals surface area (Å²) in [6.07, 6.45) is 5.48. The highest BCUT2D eigenvalue weighted by Crippen LogP contribution is 2.33. The van der Waals surface area contributed by atoms with E-state index in [9.17, 15) is 0 Å². The van der Waals surface area contributed by atoms with Crippen LogP contribution in [0.5, 0.6) is 0 Å². The summed E-state index contributed by atoms with van der Waals surface area (Å²) in [6.45, 7) is 2.07. The fourth-order valence-electron chi connectivity index (χ4n) is 3.78. The van der Waals surface area contributed by atoms with Gasteiger partial charge in [0.05, 0.1) is 22.6 Å². The number of fused-ring (bicyclic) bond motifs is 2. The van der Waals surface area contributed by atoms with Gasteiger partial charge in [0.1, 0.15) is 11.2 Å². The predicted molar refractivity (Wildman–Crippen MR) is 120 cm³/mol. The molecule has 6 aromatic rings. The molecule has 144 valence electrons. The van der Waals surface area contributed by atoms with Gasteiger partial charge in [-0.05, 0) is 54.3 Å². The fraction of sp³-hybridized carbons (Fsp3) is 0.0435. The number of aromatic nitrogens is 6. The molecule has 0 spiro atoms. The number of nitrogens with one attached hydrogen (secondary N) is 2. The van der Waals surface area contributed by atoms with Crippen molar-refractivity contribution >= 4 is 33.3 Å². The monoisotopic (exact) mass is 408 g/mol. The molecule has 0 aromatic carbocycles. The van der Waals surface area contributed by atoms with Crippen LogP contribution in [0.15, 0.2) is 65.7 Å². The van der Waals surface area contributed by atoms with Gasteiger partial charge in [0.15, 0.2) is 0 Å². The Morgan fingerprint density at radius 1 is 0.967 bits per heavy atom. The van der Waals surface area contributed by atoms with E-state index in [1.807, 2.05) is 36.7 Å². The summed E-state index contributed by atoms with van der Waals surface area (Å²) in [5.41, 5.74) is 9.58. The number of thiophene rings is 1. The lowest BCUT2D eigenvalue weighted by molar-refractivity contribution is 1.12. The van der Waals surface area contributed by atoms with E-state index < -0.39 is 0 Å². The Morgan fingerprint density at radius 2 is 1.93 bits per heavy atom. The summed E-state index contributed by atoms with van der Waals surface area (Å²) in [5, 5.41) is 12.9. The van der Waals surface area contributed by atoms with Crippen molar-refractivity contribution in [3.05, 3.63) is 71.3 Å². The first-order valence-corrected chi connectivity index (χ1v) is 10.5. The number of hydrogen-bond acceptors (Lipinski definition) is 5. The zero-order valence-corrected chi connectivity index (χ0v) is 16.9. The maximum absolute atomic E-state index is 4.92. The molecule has 2 N–H and O–H groups in total. The van der Waals surface area contributed by atoms with Gasteiger partial charge in [-0.15, -0.1) is 0 Å². The molecule has 6 aromatic heterocycles. The van der Waals surface area contributed by atoms with Crippen LogP contribution in [0.1, 0.15) is 5.56 Å². The van der Waals surface area contributed by atoms with Gasteiger partial charge in [0.25, 0.3) is 0 Å². The number of rotatable bonds is 3. The molecule has 0 aliphatic heterocycles. The van der Waals surface area contributed by atoms with Gasteiger partial charge in [-0.1, -0.05) is 0 Å². The van der Waals surface area contributed by atoms with Crippen molar-refractivity contribution in [2.24, 2.45) is 0 Å². The normalized spacial score (nSPS) is 11.5. The molecule has 0 radical (unpaired) electrons. The minimum Gasteiger partial charge on any atom is -0.353 e. The molecule has 30 heavy (non-hydrogen) atoms. The number of pyridine rings is 3. The van der Waals surface area contributed by atoms with Crippen molar-refractivity contribution in [2.45, 2.75) is 6.92 Å². The Balaban J connectivity index is 1.53. The molecule has 0 saturated carbocycles. The molecule has 0 bridgehead atoms. The van der Waals surface area contributed by atoms with Crippen molar-refractivity contribution < 1.29 is 0 Å². The molecule has 0 saturated heterocycles. The van der Waals surface area contributed by atoms with Crippen LogP contribution in [0.4, 0.5) is 0 Å². The first-order chi connectivity index (χ1) is 14.8. The molecule has 0 atom stereocenters. The summed E-state index contributed by atoms with van der Waals surface area (Å²) in [7, 11) is 0. The van der Waals surface area contributed by atoms with E-state index in [1.54, 1.807) is 17.5 Å². The van der Waals surface area contributed by atoms with Crippen molar-refractivity contribution in [1.82, 2.24) is 30.1 Å². The summed E-state index contributed by atoms with van der Waals surface area (Å²) in [5.74, 6) is 0. The Labute approximate surface area is 175 Å². The van der Waals surface area contributed by atoms with E-state index in [1.165, 1.54) is 0 Å². The summed E-state index contributed by atoms with van der Waals surface area (Å²) in [6, 6.07) is 12.2. The molecular weight excluding hydrogens is 392 g/mol. The summed E-state index contributed by atoms with van der Waals surface area (Å²) >= 11 is 1.67. The number of aryl methyl sites for hydroxylation is 1. The smallest absolute Gasteiger partial charge is 0.135 e. The first kappa shape index (κ1) is 17.1. The zero-order valence-electron chi connectivity index (χ0n) is 16.0. The highest BCUT2D eigenvalue weighted by Gasteiger charge is 2.16. The minimum absolute atomic E-state index is 0.792. The van der Waals surface area contributed by atoms with Crippen LogP contribution in [0, 0.1) is 6.92 Å². The van der Waals surface area contributed by atoms with E-state index in [2.05, 4.69) is 55.0 Å². The third-order valence-corrected chi connectivity index (χ3v) is 6.00. The highest BCUT2D eigenvalue weighted by molar-refractivity contribution is 7.08. The number of hydrogen-bond donors (Lipinski definition) is 2. The maximum atomic E-state index is 4.92. The predicted octanol–water partition coefficient (Wildman–Crippen LogP) is 5.60. The van der Waals surface area contributed by atoms with Crippen LogP contribution in [-0.2, 0) is 0 Å². The molecule has 6 nitrogen and oxygen atoms in total. The van der Waals surface area contributed by atoms with Gasteiger partial charge >= 0.3 is 0 Å². The standard InChI is InChI=1S/C23H16N6S/c1-13-4-7-24-11-16(13)17-2-3-19-22(27-17)23(29-28-19)20-10-15-18(26-20)5-8-25-21(15)14-6-9-30-12-14/h2-12,26H,1H3,(H,28,29). The summed E-state index contributed by atoms with van der Waals surface area (Å²) in [4.78, 5) is 17.3. The lowest BCUT2D eigenvalue weighted by Gasteiger charge is -2.04. The maximum Gasteiger partial charge on any atom is 0.135 e. The lowest BCUT2D eigenvalue weighted by atomic mass is 10.1. The molecule has 6 heterocycles. The van der Waals surface area contributed by atoms with E-state index >= 15 is 0 Å². The molecule has 0 amide bonds. The van der Waals surface area contributed by atoms with Gasteiger partial charge in [0.2, 0.25) is 0 Å². The highest BCUT2D eigenvalue weighted by atomic mass is 32.1. The average Bonchev–Trinajstić information content (AvgIpc) is 3.51. The van der Waals surface area contributed by atoms with Gasteiger partial charge in [-0.3, -0.25) is 15.1 Å². The van der Waals surface area contributed by atoms with Crippen molar-refractivity contribution in [1.29, 1.82) is 0 Å². The number of aromatic amines is 2. The molecule has 0 unspecified atom stereocenters. The van der Waals surface area contributed by atoms with Crippen molar-refractivity contribution in [3.63, 3.8) is 0 Å². The largest absolute Gasteiger partial charge is 0.353 e. The third-order valence-electron chi connectivity index (χ3n) is 5.32. The van der Waals surface area contributed by atoms with Gasteiger partial charge in [-0.25, -0.2) is 4.98 Å². The van der Waals surface area contributed by atoms with Crippen LogP contribution in [0.2, 0.25) is 0 Å². The van der Waals surface area contributed by atoms with Crippen LogP contribution in [0.3, 0.4) is 0 Å². The number of H-pyrrole nitrogens is 2. The van der Waals surface area contributed by atoms with Crippen LogP contribution in [0.25, 0.3) is 55.8 Å². The van der Waals surface area contributed by atoms with E-state index in [4.69, 9.17) is 4.98 Å². The summed E-state index contributed by atoms with van der Waals surface area (Å²) < 4.78 is 0. The first-order valence-electron chi connectivity index (χ1n) is 9.55. The van der Waals surface area contributed by atoms with Crippen LogP contribution in [-0.4, -0.2) is 30.1 Å². The van der Waals surface area contributed by atoms with E-state index in [-0.39, 0.29) is 0 Å². The van der Waals surface area contributed by atoms with Crippen LogP contribution >= 0.6 is 11.3 Å². The van der Waals surface area contributed by atoms with Crippen molar-refractivity contribution in [3.8, 4) is 33.9 Å². The molecular formula is C23H16N6S. The topological polar surface area (TPSA) is 83.1 Å². The Hall–Kier alpha value is -3.84. The third kappa shape index (κ3) is 2.63. The lowest BCUT2D eigenvalue weighted by Crippen LogP contribution is -1.89. The Morgan fingerprint density at radius 3 is 2.80 bits per heavy atom. The van der Waals surface area contributed by atoms with Gasteiger partial charge in [0, 0.05) is 46.0 Å². The second-order valence-electron chi connectivity index (χ2n) is 7.17. The fourth-order valence-corrected chi connectivity index (χ4v) is 4.42. The molecule has 0 aliphatic carbocycles. The average molecular weight is 408 g/mol. The van der Waals surface area contributed by atoms with E-state index in [0.717, 1.165) is 61.4 Å². The molecule has 6 rings (SSSR count). The second-order valence-corrected chi connectivity index (χ2v) is 7.95. The molecule has 0 fully saturated rings. The van der Waals surface area contributed by atoms with Crippen molar-refractivity contribution in [2.75, 3.05) is 0 Å². The Kier molecular flexibility index (Phi) is 3.75. The van der Waals surface area contributed by atoms with Gasteiger partial charge < -0.3 is 4.98 Å². The van der Waals surface area contributed by atoms with E-state index in [0.29, 0.717) is 0 Å². The second kappa shape index (κ2) is 6.60. The quantitative estimate of drug-likeness (QED) is 0.399. The molecule has 7 heteroatoms. The zero-order chi connectivity index (χ0) is 20.1.